The molecule has 3 heteroatoms. The van der Waals surface area contributed by atoms with Gasteiger partial charge >= 0.3 is 0 Å². The lowest BCUT2D eigenvalue weighted by atomic mass is 9.38. The normalized spacial score (nSPS) is 34.8. The van der Waals surface area contributed by atoms with Gasteiger partial charge in [-0.25, -0.2) is 0 Å². The molecule has 0 spiro atoms. The zero-order chi connectivity index (χ0) is 18.7. The first-order valence-electron chi connectivity index (χ1n) is 9.65. The number of nitriles is 3. The third-order valence-corrected chi connectivity index (χ3v) is 7.74. The van der Waals surface area contributed by atoms with E-state index in [2.05, 4.69) is 39.0 Å². The van der Waals surface area contributed by atoms with Crippen LogP contribution in [0, 0.1) is 56.7 Å². The van der Waals surface area contributed by atoms with Crippen LogP contribution in [0.5, 0.6) is 0 Å². The molecular formula is C23H25N3. The molecule has 1 aromatic carbocycles. The van der Waals surface area contributed by atoms with Gasteiger partial charge in [0.15, 0.2) is 0 Å². The fourth-order valence-corrected chi connectivity index (χ4v) is 6.77. The number of hydrogen-bond donors (Lipinski definition) is 0. The van der Waals surface area contributed by atoms with E-state index in [1.807, 2.05) is 6.07 Å². The molecule has 4 atom stereocenters. The Bertz CT molecular complexity index is 884. The molecule has 0 aromatic heterocycles. The molecule has 0 aliphatic heterocycles. The Morgan fingerprint density at radius 2 is 1.38 bits per heavy atom. The van der Waals surface area contributed by atoms with Gasteiger partial charge < -0.3 is 0 Å². The van der Waals surface area contributed by atoms with E-state index in [1.54, 1.807) is 6.07 Å². The maximum Gasteiger partial charge on any atom is 0.101 e. The molecule has 4 aliphatic carbocycles. The van der Waals surface area contributed by atoms with E-state index >= 15 is 0 Å². The predicted octanol–water partition coefficient (Wildman–Crippen LogP) is 5.19. The molecule has 4 bridgehead atoms. The Balaban J connectivity index is 1.90. The fourth-order valence-electron chi connectivity index (χ4n) is 6.77. The van der Waals surface area contributed by atoms with Crippen LogP contribution in [0.25, 0.3) is 0 Å². The average Bonchev–Trinajstić information content (AvgIpc) is 2.58. The second kappa shape index (κ2) is 5.34. The number of rotatable bonds is 1. The van der Waals surface area contributed by atoms with Gasteiger partial charge in [0.05, 0.1) is 22.8 Å². The molecule has 132 valence electrons. The van der Waals surface area contributed by atoms with E-state index in [-0.39, 0.29) is 10.8 Å². The van der Waals surface area contributed by atoms with Crippen molar-refractivity contribution in [3.63, 3.8) is 0 Å². The lowest BCUT2D eigenvalue weighted by Gasteiger charge is -2.66. The molecule has 4 fully saturated rings. The summed E-state index contributed by atoms with van der Waals surface area (Å²) in [5.41, 5.74) is 2.95. The lowest BCUT2D eigenvalue weighted by Crippen LogP contribution is -2.58. The maximum atomic E-state index is 9.79. The minimum Gasteiger partial charge on any atom is -0.192 e. The van der Waals surface area contributed by atoms with Crippen LogP contribution in [0.4, 0.5) is 0 Å². The van der Waals surface area contributed by atoms with Crippen molar-refractivity contribution in [2.45, 2.75) is 64.7 Å². The predicted molar refractivity (Wildman–Crippen MR) is 98.8 cm³/mol. The highest BCUT2D eigenvalue weighted by Gasteiger charge is 2.61. The van der Waals surface area contributed by atoms with Crippen LogP contribution in [0.2, 0.25) is 0 Å². The first kappa shape index (κ1) is 17.1. The highest BCUT2D eigenvalue weighted by atomic mass is 14.7. The summed E-state index contributed by atoms with van der Waals surface area (Å²) in [5, 5.41) is 28.6. The van der Waals surface area contributed by atoms with Gasteiger partial charge in [0.1, 0.15) is 12.1 Å². The van der Waals surface area contributed by atoms with E-state index in [0.717, 1.165) is 36.7 Å². The molecule has 2 unspecified atom stereocenters. The minimum atomic E-state index is 0.00200. The van der Waals surface area contributed by atoms with Crippen molar-refractivity contribution < 1.29 is 0 Å². The molecule has 0 N–H and O–H groups in total. The first-order valence-corrected chi connectivity index (χ1v) is 9.65. The van der Waals surface area contributed by atoms with Crippen LogP contribution >= 0.6 is 0 Å². The van der Waals surface area contributed by atoms with Gasteiger partial charge in [-0.15, -0.1) is 0 Å². The molecule has 5 rings (SSSR count). The van der Waals surface area contributed by atoms with E-state index in [4.69, 9.17) is 0 Å². The maximum absolute atomic E-state index is 9.79. The zero-order valence-corrected chi connectivity index (χ0v) is 15.9. The van der Waals surface area contributed by atoms with Crippen LogP contribution in [-0.4, -0.2) is 0 Å². The molecule has 0 heterocycles. The fraction of sp³-hybridized carbons (Fsp3) is 0.609. The van der Waals surface area contributed by atoms with Gasteiger partial charge in [0.2, 0.25) is 0 Å². The SMILES string of the molecule is CC(C)(C)C12C[C@@H]3C[C@@H](CC(c4cc(C#N)c(C#N)cc4C#N)(C3)C1)C2. The molecule has 26 heavy (non-hydrogen) atoms. The highest BCUT2D eigenvalue weighted by Crippen LogP contribution is 2.70. The molecule has 1 aromatic rings. The van der Waals surface area contributed by atoms with Gasteiger partial charge in [0.25, 0.3) is 0 Å². The second-order valence-corrected chi connectivity index (χ2v) is 10.1. The van der Waals surface area contributed by atoms with Crippen LogP contribution in [-0.2, 0) is 5.41 Å². The topological polar surface area (TPSA) is 71.4 Å². The minimum absolute atomic E-state index is 0.00200. The Kier molecular flexibility index (Phi) is 3.52. The Morgan fingerprint density at radius 1 is 0.846 bits per heavy atom. The monoisotopic (exact) mass is 343 g/mol. The van der Waals surface area contributed by atoms with Crippen LogP contribution < -0.4 is 0 Å². The van der Waals surface area contributed by atoms with Crippen molar-refractivity contribution in [1.29, 1.82) is 15.8 Å². The van der Waals surface area contributed by atoms with E-state index in [1.165, 1.54) is 19.3 Å². The number of hydrogen-bond acceptors (Lipinski definition) is 3. The third kappa shape index (κ3) is 2.22. The van der Waals surface area contributed by atoms with Crippen molar-refractivity contribution in [3.05, 3.63) is 34.4 Å². The Hall–Kier alpha value is -2.31. The average molecular weight is 343 g/mol. The van der Waals surface area contributed by atoms with E-state index in [9.17, 15) is 15.8 Å². The zero-order valence-electron chi connectivity index (χ0n) is 15.9. The van der Waals surface area contributed by atoms with Crippen molar-refractivity contribution in [1.82, 2.24) is 0 Å². The first-order chi connectivity index (χ1) is 12.3. The Labute approximate surface area is 156 Å². The largest absolute Gasteiger partial charge is 0.192 e. The quantitative estimate of drug-likeness (QED) is 0.705. The summed E-state index contributed by atoms with van der Waals surface area (Å²) in [6.07, 6.45) is 7.31. The summed E-state index contributed by atoms with van der Waals surface area (Å²) in [5.74, 6) is 1.45. The summed E-state index contributed by atoms with van der Waals surface area (Å²) < 4.78 is 0. The van der Waals surface area contributed by atoms with E-state index in [0.29, 0.717) is 22.1 Å². The second-order valence-electron chi connectivity index (χ2n) is 10.1. The van der Waals surface area contributed by atoms with Crippen LogP contribution in [0.15, 0.2) is 12.1 Å². The third-order valence-electron chi connectivity index (χ3n) is 7.74. The molecular weight excluding hydrogens is 318 g/mol. The van der Waals surface area contributed by atoms with Gasteiger partial charge in [-0.3, -0.25) is 0 Å². The lowest BCUT2D eigenvalue weighted by molar-refractivity contribution is -0.127. The smallest absolute Gasteiger partial charge is 0.101 e. The summed E-state index contributed by atoms with van der Waals surface area (Å²) >= 11 is 0. The molecule has 4 saturated carbocycles. The van der Waals surface area contributed by atoms with Crippen LogP contribution in [0.1, 0.15) is 81.5 Å². The van der Waals surface area contributed by atoms with Crippen molar-refractivity contribution in [2.75, 3.05) is 0 Å². The van der Waals surface area contributed by atoms with Gasteiger partial charge in [-0.1, -0.05) is 20.8 Å². The highest BCUT2D eigenvalue weighted by molar-refractivity contribution is 5.56. The summed E-state index contributed by atoms with van der Waals surface area (Å²) in [4.78, 5) is 0. The molecule has 3 nitrogen and oxygen atoms in total. The molecule has 0 radical (unpaired) electrons. The summed E-state index contributed by atoms with van der Waals surface area (Å²) in [6.45, 7) is 7.12. The van der Waals surface area contributed by atoms with Crippen molar-refractivity contribution in [2.24, 2.45) is 22.7 Å². The molecule has 4 aliphatic rings. The van der Waals surface area contributed by atoms with Crippen molar-refractivity contribution in [3.8, 4) is 18.2 Å². The molecule has 0 saturated heterocycles. The Morgan fingerprint density at radius 3 is 1.88 bits per heavy atom. The van der Waals surface area contributed by atoms with Gasteiger partial charge in [0, 0.05) is 0 Å². The van der Waals surface area contributed by atoms with Gasteiger partial charge in [-0.05, 0) is 84.3 Å². The van der Waals surface area contributed by atoms with E-state index < -0.39 is 0 Å². The standard InChI is InChI=1S/C23H25N3/c1-21(2,3)23-9-15-4-16(10-23)8-22(7-15,14-23)20-6-18(12-25)17(11-24)5-19(20)13-26/h5-6,15-16H,4,7-10,14H2,1-3H3/t15-,16+,22?,23?. The van der Waals surface area contributed by atoms with Crippen molar-refractivity contribution >= 4 is 0 Å². The summed E-state index contributed by atoms with van der Waals surface area (Å²) in [7, 11) is 0. The van der Waals surface area contributed by atoms with Gasteiger partial charge in [-0.2, -0.15) is 15.8 Å². The molecule has 0 amide bonds. The summed E-state index contributed by atoms with van der Waals surface area (Å²) in [6, 6.07) is 10.1. The van der Waals surface area contributed by atoms with Crippen LogP contribution in [0.3, 0.4) is 0 Å². The number of benzene rings is 1. The number of nitrogens with zero attached hydrogens (tertiary/aromatic N) is 3.